The average molecular weight is 347 g/mol. The van der Waals surface area contributed by atoms with Crippen LogP contribution in [0.2, 0.25) is 0 Å². The highest BCUT2D eigenvalue weighted by atomic mass is 16.3. The molecule has 0 atom stereocenters. The van der Waals surface area contributed by atoms with Gasteiger partial charge in [-0.25, -0.2) is 0 Å². The fourth-order valence-corrected chi connectivity index (χ4v) is 2.67. The van der Waals surface area contributed by atoms with E-state index < -0.39 is 0 Å². The van der Waals surface area contributed by atoms with Gasteiger partial charge in [0.2, 0.25) is 0 Å². The van der Waals surface area contributed by atoms with E-state index in [0.717, 1.165) is 17.0 Å². The van der Waals surface area contributed by atoms with Crippen molar-refractivity contribution in [3.63, 3.8) is 0 Å². The van der Waals surface area contributed by atoms with Crippen molar-refractivity contribution in [3.8, 4) is 0 Å². The highest BCUT2D eigenvalue weighted by molar-refractivity contribution is 5.99. The molecule has 1 aromatic carbocycles. The van der Waals surface area contributed by atoms with Crippen LogP contribution in [0.4, 0.5) is 5.69 Å². The first-order chi connectivity index (χ1) is 12.8. The van der Waals surface area contributed by atoms with Gasteiger partial charge in [0.15, 0.2) is 0 Å². The van der Waals surface area contributed by atoms with E-state index in [1.54, 1.807) is 29.6 Å². The second kappa shape index (κ2) is 8.67. The molecule has 1 amide bonds. The molecule has 0 saturated heterocycles. The van der Waals surface area contributed by atoms with E-state index >= 15 is 0 Å². The number of pyridine rings is 1. The molecule has 2 heterocycles. The van der Waals surface area contributed by atoms with Crippen LogP contribution in [-0.4, -0.2) is 22.3 Å². The fraction of sp³-hybridized carbons (Fsp3) is 0.143. The van der Waals surface area contributed by atoms with E-state index in [2.05, 4.69) is 16.9 Å². The molecular weight excluding hydrogens is 326 g/mol. The zero-order valence-corrected chi connectivity index (χ0v) is 14.5. The van der Waals surface area contributed by atoms with Gasteiger partial charge in [-0.15, -0.1) is 6.58 Å². The van der Waals surface area contributed by atoms with Gasteiger partial charge in [0.25, 0.3) is 5.91 Å². The molecule has 1 N–H and O–H groups in total. The van der Waals surface area contributed by atoms with Gasteiger partial charge >= 0.3 is 0 Å². The third-order valence-electron chi connectivity index (χ3n) is 3.93. The molecule has 3 rings (SSSR count). The lowest BCUT2D eigenvalue weighted by molar-refractivity contribution is 0.0718. The maximum absolute atomic E-state index is 13.3. The molecule has 5 heteroatoms. The monoisotopic (exact) mass is 347 g/mol. The largest absolute Gasteiger partial charge is 0.467 e. The normalized spacial score (nSPS) is 10.3. The molecule has 3 aromatic rings. The number of nitrogens with zero attached hydrogens (tertiary/aromatic N) is 2. The lowest BCUT2D eigenvalue weighted by Gasteiger charge is -2.23. The first-order valence-corrected chi connectivity index (χ1v) is 8.42. The van der Waals surface area contributed by atoms with Crippen LogP contribution in [0.3, 0.4) is 0 Å². The van der Waals surface area contributed by atoms with Crippen molar-refractivity contribution in [2.45, 2.75) is 13.1 Å². The van der Waals surface area contributed by atoms with Crippen molar-refractivity contribution in [1.82, 2.24) is 9.88 Å². The quantitative estimate of drug-likeness (QED) is 0.623. The summed E-state index contributed by atoms with van der Waals surface area (Å²) in [5.74, 6) is 0.675. The number of amides is 1. The molecule has 0 spiro atoms. The van der Waals surface area contributed by atoms with Crippen LogP contribution in [-0.2, 0) is 13.1 Å². The number of rotatable bonds is 8. The van der Waals surface area contributed by atoms with Crippen molar-refractivity contribution < 1.29 is 9.21 Å². The summed E-state index contributed by atoms with van der Waals surface area (Å²) in [6.45, 7) is 5.17. The van der Waals surface area contributed by atoms with E-state index in [0.29, 0.717) is 25.2 Å². The SMILES string of the molecule is C=CCNc1ccccc1C(=O)N(Cc1ccncc1)Cc1ccco1. The van der Waals surface area contributed by atoms with Crippen molar-refractivity contribution in [3.05, 3.63) is 96.7 Å². The van der Waals surface area contributed by atoms with E-state index in [1.165, 1.54) is 0 Å². The smallest absolute Gasteiger partial charge is 0.256 e. The van der Waals surface area contributed by atoms with E-state index in [9.17, 15) is 4.79 Å². The molecule has 0 radical (unpaired) electrons. The molecule has 132 valence electrons. The van der Waals surface area contributed by atoms with Gasteiger partial charge in [0.05, 0.1) is 18.4 Å². The molecule has 0 bridgehead atoms. The first-order valence-electron chi connectivity index (χ1n) is 8.42. The van der Waals surface area contributed by atoms with Crippen LogP contribution in [0.5, 0.6) is 0 Å². The molecule has 2 aromatic heterocycles. The van der Waals surface area contributed by atoms with Gasteiger partial charge in [-0.1, -0.05) is 18.2 Å². The highest BCUT2D eigenvalue weighted by Crippen LogP contribution is 2.20. The lowest BCUT2D eigenvalue weighted by atomic mass is 10.1. The van der Waals surface area contributed by atoms with Crippen molar-refractivity contribution in [2.75, 3.05) is 11.9 Å². The topological polar surface area (TPSA) is 58.4 Å². The molecular formula is C21H21N3O2. The summed E-state index contributed by atoms with van der Waals surface area (Å²) < 4.78 is 5.45. The molecule has 0 aliphatic rings. The maximum Gasteiger partial charge on any atom is 0.256 e. The number of furan rings is 1. The van der Waals surface area contributed by atoms with Crippen LogP contribution in [0.25, 0.3) is 0 Å². The standard InChI is InChI=1S/C21H21N3O2/c1-2-11-23-20-8-4-3-7-19(20)21(25)24(16-18-6-5-14-26-18)15-17-9-12-22-13-10-17/h2-10,12-14,23H,1,11,15-16H2. The van der Waals surface area contributed by atoms with E-state index in [-0.39, 0.29) is 5.91 Å². The molecule has 0 unspecified atom stereocenters. The Bertz CT molecular complexity index is 845. The minimum absolute atomic E-state index is 0.0645. The van der Waals surface area contributed by atoms with Gasteiger partial charge in [0, 0.05) is 31.2 Å². The highest BCUT2D eigenvalue weighted by Gasteiger charge is 2.20. The minimum Gasteiger partial charge on any atom is -0.467 e. The Morgan fingerprint density at radius 2 is 1.92 bits per heavy atom. The third kappa shape index (κ3) is 4.39. The fourth-order valence-electron chi connectivity index (χ4n) is 2.67. The number of hydrogen-bond donors (Lipinski definition) is 1. The summed E-state index contributed by atoms with van der Waals surface area (Å²) in [6.07, 6.45) is 6.83. The Hall–Kier alpha value is -3.34. The van der Waals surface area contributed by atoms with Gasteiger partial charge in [0.1, 0.15) is 5.76 Å². The molecule has 0 aliphatic carbocycles. The molecule has 5 nitrogen and oxygen atoms in total. The number of hydrogen-bond acceptors (Lipinski definition) is 4. The van der Waals surface area contributed by atoms with Crippen molar-refractivity contribution >= 4 is 11.6 Å². The maximum atomic E-state index is 13.3. The number of benzene rings is 1. The zero-order chi connectivity index (χ0) is 18.2. The molecule has 0 aliphatic heterocycles. The number of anilines is 1. The van der Waals surface area contributed by atoms with Crippen molar-refractivity contribution in [1.29, 1.82) is 0 Å². The average Bonchev–Trinajstić information content (AvgIpc) is 3.19. The van der Waals surface area contributed by atoms with Crippen molar-refractivity contribution in [2.24, 2.45) is 0 Å². The Balaban J connectivity index is 1.88. The van der Waals surface area contributed by atoms with Gasteiger partial charge in [-0.05, 0) is 42.0 Å². The van der Waals surface area contributed by atoms with Crippen LogP contribution < -0.4 is 5.32 Å². The number of nitrogens with one attached hydrogen (secondary N) is 1. The number of para-hydroxylation sites is 1. The Labute approximate surface area is 153 Å². The first kappa shape index (κ1) is 17.5. The van der Waals surface area contributed by atoms with E-state index in [4.69, 9.17) is 4.42 Å². The minimum atomic E-state index is -0.0645. The number of carbonyl (C=O) groups excluding carboxylic acids is 1. The molecule has 0 saturated carbocycles. The summed E-state index contributed by atoms with van der Waals surface area (Å²) in [7, 11) is 0. The van der Waals surface area contributed by atoms with Crippen LogP contribution >= 0.6 is 0 Å². The Morgan fingerprint density at radius 1 is 1.12 bits per heavy atom. The summed E-state index contributed by atoms with van der Waals surface area (Å²) in [4.78, 5) is 19.1. The molecule has 26 heavy (non-hydrogen) atoms. The lowest BCUT2D eigenvalue weighted by Crippen LogP contribution is -2.30. The zero-order valence-electron chi connectivity index (χ0n) is 14.5. The van der Waals surface area contributed by atoms with Crippen LogP contribution in [0, 0.1) is 0 Å². The third-order valence-corrected chi connectivity index (χ3v) is 3.93. The van der Waals surface area contributed by atoms with Gasteiger partial charge in [-0.2, -0.15) is 0 Å². The van der Waals surface area contributed by atoms with Gasteiger partial charge < -0.3 is 14.6 Å². The van der Waals surface area contributed by atoms with Crippen LogP contribution in [0.1, 0.15) is 21.7 Å². The second-order valence-corrected chi connectivity index (χ2v) is 5.81. The summed E-state index contributed by atoms with van der Waals surface area (Å²) in [6, 6.07) is 15.0. The second-order valence-electron chi connectivity index (χ2n) is 5.81. The predicted octanol–water partition coefficient (Wildman–Crippen LogP) is 4.12. The summed E-state index contributed by atoms with van der Waals surface area (Å²) in [5.41, 5.74) is 2.42. The van der Waals surface area contributed by atoms with E-state index in [1.807, 2.05) is 48.5 Å². The van der Waals surface area contributed by atoms with Gasteiger partial charge in [-0.3, -0.25) is 9.78 Å². The summed E-state index contributed by atoms with van der Waals surface area (Å²) >= 11 is 0. The number of carbonyl (C=O) groups is 1. The molecule has 0 fully saturated rings. The summed E-state index contributed by atoms with van der Waals surface area (Å²) in [5, 5.41) is 3.22. The predicted molar refractivity (Wildman–Crippen MR) is 102 cm³/mol. The van der Waals surface area contributed by atoms with Crippen LogP contribution in [0.15, 0.2) is 84.3 Å². The number of aromatic nitrogens is 1. The Morgan fingerprint density at radius 3 is 2.65 bits per heavy atom. The Kier molecular flexibility index (Phi) is 5.83.